The highest BCUT2D eigenvalue weighted by molar-refractivity contribution is 7.15. The van der Waals surface area contributed by atoms with E-state index in [1.807, 2.05) is 0 Å². The molecule has 5 nitrogen and oxygen atoms in total. The van der Waals surface area contributed by atoms with Crippen molar-refractivity contribution in [2.45, 2.75) is 56.9 Å². The summed E-state index contributed by atoms with van der Waals surface area (Å²) in [6.07, 6.45) is 8.09. The molecule has 0 aliphatic heterocycles. The number of amides is 1. The summed E-state index contributed by atoms with van der Waals surface area (Å²) in [5.74, 6) is 2.48. The number of aromatic nitrogens is 2. The largest absolute Gasteiger partial charge is 0.320 e. The molecule has 1 aromatic heterocycles. The molecular formula is C15H22N4OS. The summed E-state index contributed by atoms with van der Waals surface area (Å²) in [4.78, 5) is 11.7. The predicted octanol–water partition coefficient (Wildman–Crippen LogP) is 2.29. The number of hydrogen-bond donors (Lipinski definition) is 2. The Bertz CT molecular complexity index is 532. The molecule has 3 N–H and O–H groups in total. The molecule has 4 aliphatic rings. The molecule has 0 saturated heterocycles. The Balaban J connectivity index is 1.57. The van der Waals surface area contributed by atoms with Crippen LogP contribution in [0.5, 0.6) is 0 Å². The minimum atomic E-state index is -0.517. The van der Waals surface area contributed by atoms with Gasteiger partial charge >= 0.3 is 0 Å². The zero-order valence-electron chi connectivity index (χ0n) is 12.3. The third-order valence-corrected chi connectivity index (χ3v) is 6.65. The molecule has 0 aromatic carbocycles. The van der Waals surface area contributed by atoms with Gasteiger partial charge < -0.3 is 5.73 Å². The Morgan fingerprint density at radius 3 is 2.33 bits per heavy atom. The maximum absolute atomic E-state index is 11.7. The van der Waals surface area contributed by atoms with Crippen LogP contribution in [0, 0.1) is 17.8 Å². The van der Waals surface area contributed by atoms with Crippen molar-refractivity contribution in [3.05, 3.63) is 5.01 Å². The third-order valence-electron chi connectivity index (χ3n) is 5.56. The molecular weight excluding hydrogens is 284 g/mol. The van der Waals surface area contributed by atoms with E-state index in [-0.39, 0.29) is 11.3 Å². The lowest BCUT2D eigenvalue weighted by atomic mass is 9.50. The second-order valence-electron chi connectivity index (χ2n) is 7.39. The highest BCUT2D eigenvalue weighted by atomic mass is 32.1. The molecule has 5 rings (SSSR count). The Kier molecular flexibility index (Phi) is 3.08. The van der Waals surface area contributed by atoms with E-state index in [9.17, 15) is 4.79 Å². The maximum atomic E-state index is 11.7. The molecule has 4 fully saturated rings. The average Bonchev–Trinajstić information content (AvgIpc) is 2.86. The highest BCUT2D eigenvalue weighted by Gasteiger charge is 2.53. The smallest absolute Gasteiger partial charge is 0.242 e. The van der Waals surface area contributed by atoms with Crippen LogP contribution < -0.4 is 11.1 Å². The van der Waals surface area contributed by atoms with Gasteiger partial charge in [-0.15, -0.1) is 10.2 Å². The van der Waals surface area contributed by atoms with Crippen LogP contribution in [-0.4, -0.2) is 22.1 Å². The van der Waals surface area contributed by atoms with Gasteiger partial charge in [-0.25, -0.2) is 0 Å². The van der Waals surface area contributed by atoms with E-state index in [0.717, 1.165) is 22.8 Å². The first-order chi connectivity index (χ1) is 10.0. The molecule has 1 heterocycles. The van der Waals surface area contributed by atoms with Gasteiger partial charge in [-0.05, 0) is 63.2 Å². The number of nitrogens with two attached hydrogens (primary N) is 1. The van der Waals surface area contributed by atoms with E-state index >= 15 is 0 Å². The SMILES string of the molecule is CC(N)C(=O)Nc1nnc(C23CC4CC(CC(C4)C2)C3)s1. The molecule has 6 heteroatoms. The fourth-order valence-electron chi connectivity index (χ4n) is 5.08. The first-order valence-corrected chi connectivity index (χ1v) is 8.76. The first kappa shape index (κ1) is 13.6. The molecule has 1 atom stereocenters. The Hall–Kier alpha value is -1.01. The zero-order chi connectivity index (χ0) is 14.6. The molecule has 1 aromatic rings. The second kappa shape index (κ2) is 4.74. The standard InChI is InChI=1S/C15H22N4OS/c1-8(16)12(20)17-14-19-18-13(21-14)15-5-9-2-10(6-15)4-11(3-9)7-15/h8-11H,2-7,16H2,1H3,(H,17,19,20). The van der Waals surface area contributed by atoms with Crippen LogP contribution in [0.3, 0.4) is 0 Å². The monoisotopic (exact) mass is 306 g/mol. The topological polar surface area (TPSA) is 80.9 Å². The van der Waals surface area contributed by atoms with Crippen molar-refractivity contribution < 1.29 is 4.79 Å². The molecule has 1 unspecified atom stereocenters. The van der Waals surface area contributed by atoms with Crippen LogP contribution in [0.1, 0.15) is 50.5 Å². The molecule has 21 heavy (non-hydrogen) atoms. The molecule has 4 bridgehead atoms. The van der Waals surface area contributed by atoms with Crippen LogP contribution in [0.15, 0.2) is 0 Å². The normalized spacial score (nSPS) is 38.5. The number of nitrogens with one attached hydrogen (secondary N) is 1. The average molecular weight is 306 g/mol. The van der Waals surface area contributed by atoms with Crippen molar-refractivity contribution in [2.24, 2.45) is 23.5 Å². The summed E-state index contributed by atoms with van der Waals surface area (Å²) >= 11 is 1.56. The van der Waals surface area contributed by atoms with Crippen LogP contribution in [0.25, 0.3) is 0 Å². The minimum absolute atomic E-state index is 0.191. The Morgan fingerprint density at radius 1 is 1.24 bits per heavy atom. The quantitative estimate of drug-likeness (QED) is 0.898. The van der Waals surface area contributed by atoms with Gasteiger partial charge in [0, 0.05) is 5.41 Å². The number of carbonyl (C=O) groups is 1. The van der Waals surface area contributed by atoms with E-state index in [1.165, 1.54) is 38.5 Å². The van der Waals surface area contributed by atoms with E-state index in [2.05, 4.69) is 15.5 Å². The van der Waals surface area contributed by atoms with Gasteiger partial charge in [0.15, 0.2) is 0 Å². The second-order valence-corrected chi connectivity index (χ2v) is 8.37. The lowest BCUT2D eigenvalue weighted by molar-refractivity contribution is -0.117. The van der Waals surface area contributed by atoms with Gasteiger partial charge in [-0.3, -0.25) is 10.1 Å². The van der Waals surface area contributed by atoms with E-state index in [0.29, 0.717) is 5.13 Å². The molecule has 114 valence electrons. The van der Waals surface area contributed by atoms with Crippen LogP contribution in [-0.2, 0) is 10.2 Å². The number of nitrogens with zero attached hydrogens (tertiary/aromatic N) is 2. The van der Waals surface area contributed by atoms with Crippen molar-refractivity contribution in [1.29, 1.82) is 0 Å². The summed E-state index contributed by atoms with van der Waals surface area (Å²) in [5, 5.41) is 13.1. The number of anilines is 1. The summed E-state index contributed by atoms with van der Waals surface area (Å²) in [7, 11) is 0. The Morgan fingerprint density at radius 2 is 1.81 bits per heavy atom. The minimum Gasteiger partial charge on any atom is -0.320 e. The summed E-state index contributed by atoms with van der Waals surface area (Å²) in [5.41, 5.74) is 5.83. The third kappa shape index (κ3) is 2.28. The van der Waals surface area contributed by atoms with Gasteiger partial charge in [0.1, 0.15) is 5.01 Å². The zero-order valence-corrected chi connectivity index (χ0v) is 13.2. The molecule has 4 saturated carbocycles. The van der Waals surface area contributed by atoms with E-state index in [1.54, 1.807) is 18.3 Å². The first-order valence-electron chi connectivity index (χ1n) is 7.94. The Labute approximate surface area is 128 Å². The lowest BCUT2D eigenvalue weighted by Gasteiger charge is -2.55. The van der Waals surface area contributed by atoms with Gasteiger partial charge in [-0.1, -0.05) is 11.3 Å². The van der Waals surface area contributed by atoms with E-state index in [4.69, 9.17) is 5.73 Å². The van der Waals surface area contributed by atoms with Gasteiger partial charge in [0.2, 0.25) is 11.0 Å². The summed E-state index contributed by atoms with van der Waals surface area (Å²) < 4.78 is 0. The van der Waals surface area contributed by atoms with E-state index < -0.39 is 6.04 Å². The fourth-order valence-corrected chi connectivity index (χ4v) is 6.04. The summed E-state index contributed by atoms with van der Waals surface area (Å²) in [6.45, 7) is 1.68. The van der Waals surface area contributed by atoms with Crippen LogP contribution in [0.4, 0.5) is 5.13 Å². The fraction of sp³-hybridized carbons (Fsp3) is 0.800. The van der Waals surface area contributed by atoms with Gasteiger partial charge in [0.05, 0.1) is 6.04 Å². The van der Waals surface area contributed by atoms with Crippen LogP contribution in [0.2, 0.25) is 0 Å². The van der Waals surface area contributed by atoms with Gasteiger partial charge in [-0.2, -0.15) is 0 Å². The van der Waals surface area contributed by atoms with Gasteiger partial charge in [0.25, 0.3) is 0 Å². The van der Waals surface area contributed by atoms with Crippen molar-refractivity contribution in [2.75, 3.05) is 5.32 Å². The molecule has 0 spiro atoms. The van der Waals surface area contributed by atoms with Crippen molar-refractivity contribution in [3.8, 4) is 0 Å². The van der Waals surface area contributed by atoms with Crippen molar-refractivity contribution >= 4 is 22.4 Å². The summed E-state index contributed by atoms with van der Waals surface area (Å²) in [6, 6.07) is -0.517. The number of carbonyl (C=O) groups excluding carboxylic acids is 1. The lowest BCUT2D eigenvalue weighted by Crippen LogP contribution is -2.48. The van der Waals surface area contributed by atoms with Crippen molar-refractivity contribution in [1.82, 2.24) is 10.2 Å². The predicted molar refractivity (Wildman–Crippen MR) is 82.0 cm³/mol. The number of rotatable bonds is 3. The maximum Gasteiger partial charge on any atom is 0.242 e. The molecule has 0 radical (unpaired) electrons. The highest BCUT2D eigenvalue weighted by Crippen LogP contribution is 2.61. The number of hydrogen-bond acceptors (Lipinski definition) is 5. The molecule has 1 amide bonds. The molecule has 4 aliphatic carbocycles. The van der Waals surface area contributed by atoms with Crippen LogP contribution >= 0.6 is 11.3 Å². The van der Waals surface area contributed by atoms with Crippen molar-refractivity contribution in [3.63, 3.8) is 0 Å².